The Labute approximate surface area is 110 Å². The van der Waals surface area contributed by atoms with Gasteiger partial charge in [-0.15, -0.1) is 0 Å². The van der Waals surface area contributed by atoms with Gasteiger partial charge in [-0.3, -0.25) is 0 Å². The molecule has 0 radical (unpaired) electrons. The summed E-state index contributed by atoms with van der Waals surface area (Å²) in [5.41, 5.74) is 0.585. The van der Waals surface area contributed by atoms with Crippen LogP contribution in [0, 0.1) is 17.6 Å². The van der Waals surface area contributed by atoms with Gasteiger partial charge in [0, 0.05) is 5.92 Å². The number of nitrogens with zero attached hydrogens (tertiary/aromatic N) is 1. The maximum atomic E-state index is 13.7. The summed E-state index contributed by atoms with van der Waals surface area (Å²) in [6.45, 7) is 6.09. The van der Waals surface area contributed by atoms with E-state index in [2.05, 4.69) is 16.9 Å². The maximum absolute atomic E-state index is 13.7. The van der Waals surface area contributed by atoms with Crippen LogP contribution < -0.4 is 0 Å². The van der Waals surface area contributed by atoms with Crippen molar-refractivity contribution >= 4 is 11.0 Å². The fraction of sp³-hybridized carbons (Fsp3) is 0.500. The second kappa shape index (κ2) is 4.27. The molecule has 3 rings (SSSR count). The third-order valence-corrected chi connectivity index (χ3v) is 4.12. The lowest BCUT2D eigenvalue weighted by Crippen LogP contribution is -2.16. The van der Waals surface area contributed by atoms with E-state index in [9.17, 15) is 8.78 Å². The number of aromatic nitrogens is 2. The Kier molecular flexibility index (Phi) is 2.82. The van der Waals surface area contributed by atoms with Gasteiger partial charge in [-0.2, -0.15) is 0 Å². The van der Waals surface area contributed by atoms with Crippen LogP contribution in [0.1, 0.15) is 32.5 Å². The van der Waals surface area contributed by atoms with Gasteiger partial charge in [0.05, 0.1) is 17.7 Å². The molecule has 0 bridgehead atoms. The molecule has 1 aromatic carbocycles. The Bertz CT molecular complexity index is 625. The Morgan fingerprint density at radius 3 is 2.53 bits per heavy atom. The zero-order chi connectivity index (χ0) is 13.7. The number of hydrogen-bond acceptors (Lipinski definition) is 2. The highest BCUT2D eigenvalue weighted by Crippen LogP contribution is 2.39. The van der Waals surface area contributed by atoms with Gasteiger partial charge in [-0.1, -0.05) is 6.92 Å². The van der Waals surface area contributed by atoms with Crippen LogP contribution in [0.4, 0.5) is 8.78 Å². The molecule has 2 aromatic rings. The number of nitrogens with one attached hydrogen (secondary N) is 1. The molecule has 1 fully saturated rings. The van der Waals surface area contributed by atoms with Crippen LogP contribution >= 0.6 is 0 Å². The summed E-state index contributed by atoms with van der Waals surface area (Å²) in [7, 11) is 0. The van der Waals surface area contributed by atoms with E-state index in [4.69, 9.17) is 4.74 Å². The van der Waals surface area contributed by atoms with Crippen LogP contribution in [-0.2, 0) is 4.74 Å². The van der Waals surface area contributed by atoms with E-state index in [0.29, 0.717) is 11.3 Å². The number of ether oxygens (including phenoxy) is 1. The van der Waals surface area contributed by atoms with E-state index in [1.54, 1.807) is 0 Å². The van der Waals surface area contributed by atoms with Crippen molar-refractivity contribution in [3.8, 4) is 0 Å². The van der Waals surface area contributed by atoms with Gasteiger partial charge in [0.15, 0.2) is 11.6 Å². The lowest BCUT2D eigenvalue weighted by Gasteiger charge is -2.15. The van der Waals surface area contributed by atoms with Crippen LogP contribution in [0.2, 0.25) is 0 Å². The first-order chi connectivity index (χ1) is 8.99. The maximum Gasteiger partial charge on any atom is 0.186 e. The highest BCUT2D eigenvalue weighted by molar-refractivity contribution is 5.76. The minimum atomic E-state index is -0.896. The van der Waals surface area contributed by atoms with Crippen molar-refractivity contribution in [2.45, 2.75) is 38.9 Å². The molecule has 4 atom stereocenters. The van der Waals surface area contributed by atoms with E-state index in [1.165, 1.54) is 6.07 Å². The molecular formula is C14H16F2N2O. The van der Waals surface area contributed by atoms with Gasteiger partial charge < -0.3 is 9.72 Å². The summed E-state index contributed by atoms with van der Waals surface area (Å²) < 4.78 is 32.6. The summed E-state index contributed by atoms with van der Waals surface area (Å²) in [5.74, 6) is -0.743. The summed E-state index contributed by atoms with van der Waals surface area (Å²) in [4.78, 5) is 7.33. The van der Waals surface area contributed by atoms with Crippen LogP contribution in [0.15, 0.2) is 12.1 Å². The van der Waals surface area contributed by atoms with Crippen molar-refractivity contribution in [1.82, 2.24) is 9.97 Å². The molecule has 1 aromatic heterocycles. The molecule has 0 spiro atoms. The zero-order valence-electron chi connectivity index (χ0n) is 11.1. The van der Waals surface area contributed by atoms with Crippen molar-refractivity contribution in [2.75, 3.05) is 0 Å². The lowest BCUT2D eigenvalue weighted by molar-refractivity contribution is 0.0554. The third kappa shape index (κ3) is 1.84. The molecule has 19 heavy (non-hydrogen) atoms. The predicted molar refractivity (Wildman–Crippen MR) is 67.9 cm³/mol. The molecule has 0 aliphatic carbocycles. The molecule has 4 unspecified atom stereocenters. The van der Waals surface area contributed by atoms with Gasteiger partial charge in [0.2, 0.25) is 0 Å². The monoisotopic (exact) mass is 266 g/mol. The number of aromatic amines is 1. The van der Waals surface area contributed by atoms with Crippen LogP contribution in [0.25, 0.3) is 11.0 Å². The van der Waals surface area contributed by atoms with E-state index < -0.39 is 11.6 Å². The van der Waals surface area contributed by atoms with Crippen molar-refractivity contribution < 1.29 is 13.5 Å². The second-order valence-corrected chi connectivity index (χ2v) is 5.31. The van der Waals surface area contributed by atoms with Gasteiger partial charge in [-0.25, -0.2) is 13.8 Å². The molecular weight excluding hydrogens is 250 g/mol. The standard InChI is InChI=1S/C14H16F2N2O/c1-6-7(2)19-8(3)11(6)14-17-10-5-4-9(15)12(16)13(10)18-14/h4-8,11H,1-3H3,(H,17,18). The van der Waals surface area contributed by atoms with Crippen LogP contribution in [0.5, 0.6) is 0 Å². The smallest absolute Gasteiger partial charge is 0.186 e. The Morgan fingerprint density at radius 2 is 1.89 bits per heavy atom. The number of benzene rings is 1. The molecule has 5 heteroatoms. The number of fused-ring (bicyclic) bond motifs is 1. The van der Waals surface area contributed by atoms with Crippen LogP contribution in [0.3, 0.4) is 0 Å². The summed E-state index contributed by atoms with van der Waals surface area (Å²) in [6, 6.07) is 2.62. The fourth-order valence-corrected chi connectivity index (χ4v) is 2.93. The fourth-order valence-electron chi connectivity index (χ4n) is 2.93. The highest BCUT2D eigenvalue weighted by Gasteiger charge is 2.39. The molecule has 2 heterocycles. The number of H-pyrrole nitrogens is 1. The minimum Gasteiger partial charge on any atom is -0.374 e. The lowest BCUT2D eigenvalue weighted by atomic mass is 9.89. The summed E-state index contributed by atoms with van der Waals surface area (Å²) in [6.07, 6.45) is 0.147. The minimum absolute atomic E-state index is 0.0125. The number of imidazole rings is 1. The Balaban J connectivity index is 2.09. The molecule has 1 N–H and O–H groups in total. The Hall–Kier alpha value is -1.49. The zero-order valence-corrected chi connectivity index (χ0v) is 11.1. The van der Waals surface area contributed by atoms with E-state index in [-0.39, 0.29) is 29.6 Å². The summed E-state index contributed by atoms with van der Waals surface area (Å²) >= 11 is 0. The number of halogens is 2. The SMILES string of the molecule is CC1OC(C)C(c2nc3c(F)c(F)ccc3[nH]2)C1C. The first-order valence-corrected chi connectivity index (χ1v) is 6.48. The molecule has 3 nitrogen and oxygen atoms in total. The highest BCUT2D eigenvalue weighted by atomic mass is 19.2. The molecule has 1 saturated heterocycles. The van der Waals surface area contributed by atoms with Crippen molar-refractivity contribution in [2.24, 2.45) is 5.92 Å². The molecule has 1 aliphatic heterocycles. The first kappa shape index (κ1) is 12.5. The number of rotatable bonds is 1. The molecule has 0 saturated carbocycles. The van der Waals surface area contributed by atoms with Crippen molar-refractivity contribution in [3.63, 3.8) is 0 Å². The summed E-state index contributed by atoms with van der Waals surface area (Å²) in [5, 5.41) is 0. The quantitative estimate of drug-likeness (QED) is 0.859. The van der Waals surface area contributed by atoms with E-state index in [0.717, 1.165) is 6.07 Å². The van der Waals surface area contributed by atoms with Gasteiger partial charge in [0.25, 0.3) is 0 Å². The average Bonchev–Trinajstić information content (AvgIpc) is 2.87. The molecule has 0 amide bonds. The van der Waals surface area contributed by atoms with Gasteiger partial charge in [-0.05, 0) is 31.9 Å². The van der Waals surface area contributed by atoms with Crippen molar-refractivity contribution in [3.05, 3.63) is 29.6 Å². The van der Waals surface area contributed by atoms with Gasteiger partial charge in [0.1, 0.15) is 11.3 Å². The Morgan fingerprint density at radius 1 is 1.16 bits per heavy atom. The normalized spacial score (nSPS) is 31.2. The van der Waals surface area contributed by atoms with E-state index in [1.807, 2.05) is 13.8 Å². The molecule has 1 aliphatic rings. The molecule has 102 valence electrons. The average molecular weight is 266 g/mol. The van der Waals surface area contributed by atoms with Gasteiger partial charge >= 0.3 is 0 Å². The topological polar surface area (TPSA) is 37.9 Å². The van der Waals surface area contributed by atoms with Crippen molar-refractivity contribution in [1.29, 1.82) is 0 Å². The number of hydrogen-bond donors (Lipinski definition) is 1. The van der Waals surface area contributed by atoms with Crippen LogP contribution in [-0.4, -0.2) is 22.2 Å². The largest absolute Gasteiger partial charge is 0.374 e. The van der Waals surface area contributed by atoms with E-state index >= 15 is 0 Å². The predicted octanol–water partition coefficient (Wildman–Crippen LogP) is 3.37. The first-order valence-electron chi connectivity index (χ1n) is 6.48. The third-order valence-electron chi connectivity index (χ3n) is 4.12. The second-order valence-electron chi connectivity index (χ2n) is 5.31.